The fraction of sp³-hybridized carbons (Fsp3) is 0.667. The molecule has 1 aromatic rings. The van der Waals surface area contributed by atoms with Crippen molar-refractivity contribution in [2.24, 2.45) is 5.92 Å². The average Bonchev–Trinajstić information content (AvgIpc) is 2.99. The van der Waals surface area contributed by atoms with Crippen molar-refractivity contribution in [3.63, 3.8) is 0 Å². The maximum Gasteiger partial charge on any atom is 0.319 e. The highest BCUT2D eigenvalue weighted by Crippen LogP contribution is 2.23. The Bertz CT molecular complexity index is 385. The third-order valence-corrected chi connectivity index (χ3v) is 3.25. The Hall–Kier alpha value is -1.56. The number of amides is 2. The van der Waals surface area contributed by atoms with Crippen LogP contribution in [0.1, 0.15) is 25.7 Å². The molecule has 0 aromatic carbocycles. The van der Waals surface area contributed by atoms with E-state index in [0.29, 0.717) is 18.2 Å². The second kappa shape index (κ2) is 6.39. The van der Waals surface area contributed by atoms with E-state index in [1.165, 1.54) is 25.7 Å². The molecule has 2 rings (SSSR count). The van der Waals surface area contributed by atoms with Crippen LogP contribution < -0.4 is 10.6 Å². The summed E-state index contributed by atoms with van der Waals surface area (Å²) in [6.45, 7) is 1.22. The Morgan fingerprint density at radius 1 is 1.50 bits per heavy atom. The Balaban J connectivity index is 1.72. The van der Waals surface area contributed by atoms with Crippen molar-refractivity contribution in [2.45, 2.75) is 32.2 Å². The number of anilines is 1. The van der Waals surface area contributed by atoms with Crippen LogP contribution in [0.4, 0.5) is 10.5 Å². The summed E-state index contributed by atoms with van der Waals surface area (Å²) >= 11 is 0. The van der Waals surface area contributed by atoms with E-state index in [0.717, 1.165) is 6.54 Å². The number of aliphatic hydroxyl groups excluding tert-OH is 1. The predicted molar refractivity (Wildman–Crippen MR) is 68.3 cm³/mol. The minimum atomic E-state index is -0.189. The van der Waals surface area contributed by atoms with Gasteiger partial charge < -0.3 is 15.7 Å². The lowest BCUT2D eigenvalue weighted by atomic mass is 10.1. The van der Waals surface area contributed by atoms with E-state index in [2.05, 4.69) is 15.7 Å². The maximum absolute atomic E-state index is 11.6. The first-order chi connectivity index (χ1) is 8.78. The second-order valence-electron chi connectivity index (χ2n) is 4.70. The predicted octanol–water partition coefficient (Wildman–Crippen LogP) is 1.19. The van der Waals surface area contributed by atoms with Gasteiger partial charge in [0.05, 0.1) is 25.0 Å². The monoisotopic (exact) mass is 252 g/mol. The van der Waals surface area contributed by atoms with Crippen molar-refractivity contribution in [3.8, 4) is 0 Å². The number of rotatable bonds is 5. The second-order valence-corrected chi connectivity index (χ2v) is 4.70. The van der Waals surface area contributed by atoms with Crippen molar-refractivity contribution in [3.05, 3.63) is 12.4 Å². The number of carbonyl (C=O) groups is 1. The van der Waals surface area contributed by atoms with Crippen molar-refractivity contribution in [2.75, 3.05) is 18.5 Å². The van der Waals surface area contributed by atoms with Crippen molar-refractivity contribution < 1.29 is 9.90 Å². The first-order valence-electron chi connectivity index (χ1n) is 6.46. The molecule has 1 aromatic heterocycles. The smallest absolute Gasteiger partial charge is 0.319 e. The lowest BCUT2D eigenvalue weighted by molar-refractivity contribution is 0.250. The molecule has 0 aliphatic heterocycles. The Labute approximate surface area is 106 Å². The summed E-state index contributed by atoms with van der Waals surface area (Å²) in [5.74, 6) is 0.632. The van der Waals surface area contributed by atoms with E-state index in [-0.39, 0.29) is 12.6 Å². The summed E-state index contributed by atoms with van der Waals surface area (Å²) in [7, 11) is 0. The Kier molecular flexibility index (Phi) is 4.58. The highest BCUT2D eigenvalue weighted by Gasteiger charge is 2.15. The van der Waals surface area contributed by atoms with Gasteiger partial charge in [0.25, 0.3) is 0 Å². The molecule has 0 bridgehead atoms. The van der Waals surface area contributed by atoms with Crippen molar-refractivity contribution in [1.29, 1.82) is 0 Å². The number of aromatic nitrogens is 2. The Morgan fingerprint density at radius 3 is 3.00 bits per heavy atom. The van der Waals surface area contributed by atoms with E-state index in [4.69, 9.17) is 5.11 Å². The lowest BCUT2D eigenvalue weighted by Gasteiger charge is -2.10. The molecule has 3 N–H and O–H groups in total. The van der Waals surface area contributed by atoms with Crippen LogP contribution in [0.2, 0.25) is 0 Å². The van der Waals surface area contributed by atoms with Gasteiger partial charge in [-0.2, -0.15) is 5.10 Å². The first kappa shape index (κ1) is 12.9. The van der Waals surface area contributed by atoms with Crippen LogP contribution in [0, 0.1) is 5.92 Å². The van der Waals surface area contributed by atoms with Crippen molar-refractivity contribution in [1.82, 2.24) is 15.1 Å². The fourth-order valence-corrected chi connectivity index (χ4v) is 2.28. The molecule has 1 aliphatic rings. The van der Waals surface area contributed by atoms with Crippen LogP contribution in [0.15, 0.2) is 12.4 Å². The van der Waals surface area contributed by atoms with E-state index in [9.17, 15) is 4.79 Å². The van der Waals surface area contributed by atoms with Gasteiger partial charge in [0.1, 0.15) is 0 Å². The van der Waals surface area contributed by atoms with Gasteiger partial charge in [0.2, 0.25) is 0 Å². The lowest BCUT2D eigenvalue weighted by Crippen LogP contribution is -2.32. The van der Waals surface area contributed by atoms with E-state index in [1.54, 1.807) is 17.1 Å². The van der Waals surface area contributed by atoms with E-state index >= 15 is 0 Å². The van der Waals surface area contributed by atoms with Gasteiger partial charge in [-0.1, -0.05) is 12.8 Å². The number of nitrogens with one attached hydrogen (secondary N) is 2. The van der Waals surface area contributed by atoms with Crippen LogP contribution in [0.25, 0.3) is 0 Å². The van der Waals surface area contributed by atoms with Crippen LogP contribution in [-0.2, 0) is 6.54 Å². The molecule has 2 amide bonds. The Morgan fingerprint density at radius 2 is 2.28 bits per heavy atom. The molecule has 100 valence electrons. The first-order valence-corrected chi connectivity index (χ1v) is 6.46. The number of aliphatic hydroxyl groups is 1. The molecule has 1 saturated carbocycles. The van der Waals surface area contributed by atoms with Crippen LogP contribution in [-0.4, -0.2) is 34.1 Å². The quantitative estimate of drug-likeness (QED) is 0.736. The molecular weight excluding hydrogens is 232 g/mol. The van der Waals surface area contributed by atoms with Crippen LogP contribution in [0.5, 0.6) is 0 Å². The molecule has 0 unspecified atom stereocenters. The highest BCUT2D eigenvalue weighted by molar-refractivity contribution is 5.88. The molecule has 0 spiro atoms. The zero-order chi connectivity index (χ0) is 12.8. The average molecular weight is 252 g/mol. The van der Waals surface area contributed by atoms with Gasteiger partial charge in [-0.25, -0.2) is 4.79 Å². The molecule has 1 fully saturated rings. The molecule has 18 heavy (non-hydrogen) atoms. The molecule has 1 heterocycles. The zero-order valence-electron chi connectivity index (χ0n) is 10.4. The molecule has 0 radical (unpaired) electrons. The fourth-order valence-electron chi connectivity index (χ4n) is 2.28. The summed E-state index contributed by atoms with van der Waals surface area (Å²) in [6, 6.07) is -0.189. The highest BCUT2D eigenvalue weighted by atomic mass is 16.3. The topological polar surface area (TPSA) is 79.2 Å². The van der Waals surface area contributed by atoms with Crippen LogP contribution >= 0.6 is 0 Å². The van der Waals surface area contributed by atoms with Gasteiger partial charge in [-0.15, -0.1) is 0 Å². The summed E-state index contributed by atoms with van der Waals surface area (Å²) in [4.78, 5) is 11.6. The number of carbonyl (C=O) groups excluding carboxylic acids is 1. The summed E-state index contributed by atoms with van der Waals surface area (Å²) in [5, 5.41) is 18.4. The maximum atomic E-state index is 11.6. The third-order valence-electron chi connectivity index (χ3n) is 3.25. The van der Waals surface area contributed by atoms with E-state index < -0.39 is 0 Å². The van der Waals surface area contributed by atoms with Crippen LogP contribution in [0.3, 0.4) is 0 Å². The molecule has 0 saturated heterocycles. The SMILES string of the molecule is O=C(NCC1CCCC1)Nc1cnn(CCO)c1. The third kappa shape index (κ3) is 3.73. The largest absolute Gasteiger partial charge is 0.394 e. The summed E-state index contributed by atoms with van der Waals surface area (Å²) in [5.41, 5.74) is 0.646. The minimum Gasteiger partial charge on any atom is -0.394 e. The minimum absolute atomic E-state index is 0.0367. The molecular formula is C12H20N4O2. The molecule has 0 atom stereocenters. The molecule has 1 aliphatic carbocycles. The zero-order valence-corrected chi connectivity index (χ0v) is 10.4. The van der Waals surface area contributed by atoms with Gasteiger partial charge >= 0.3 is 6.03 Å². The van der Waals surface area contributed by atoms with Gasteiger partial charge in [0, 0.05) is 12.7 Å². The molecule has 6 nitrogen and oxygen atoms in total. The van der Waals surface area contributed by atoms with Crippen molar-refractivity contribution >= 4 is 11.7 Å². The van der Waals surface area contributed by atoms with Gasteiger partial charge in [-0.05, 0) is 18.8 Å². The standard InChI is InChI=1S/C12H20N4O2/c17-6-5-16-9-11(8-14-16)15-12(18)13-7-10-3-1-2-4-10/h8-10,17H,1-7H2,(H2,13,15,18). The normalized spacial score (nSPS) is 15.8. The van der Waals surface area contributed by atoms with Gasteiger partial charge in [0.15, 0.2) is 0 Å². The number of urea groups is 1. The summed E-state index contributed by atoms with van der Waals surface area (Å²) < 4.78 is 1.59. The molecule has 6 heteroatoms. The number of hydrogen-bond acceptors (Lipinski definition) is 3. The van der Waals surface area contributed by atoms with Gasteiger partial charge in [-0.3, -0.25) is 4.68 Å². The summed E-state index contributed by atoms with van der Waals surface area (Å²) in [6.07, 6.45) is 8.27. The van der Waals surface area contributed by atoms with E-state index in [1.807, 2.05) is 0 Å². The number of nitrogens with zero attached hydrogens (tertiary/aromatic N) is 2. The number of hydrogen-bond donors (Lipinski definition) is 3.